The van der Waals surface area contributed by atoms with Gasteiger partial charge in [-0.1, -0.05) is 0 Å². The number of aryl methyl sites for hydroxylation is 1. The Balaban J connectivity index is 2.46. The predicted octanol–water partition coefficient (Wildman–Crippen LogP) is 2.50. The van der Waals surface area contributed by atoms with Crippen LogP contribution in [0, 0.1) is 6.92 Å². The van der Waals surface area contributed by atoms with Gasteiger partial charge in [-0.05, 0) is 25.1 Å². The number of aliphatic hydroxyl groups is 1. The Morgan fingerprint density at radius 1 is 1.26 bits per heavy atom. The summed E-state index contributed by atoms with van der Waals surface area (Å²) in [6, 6.07) is 8.04. The van der Waals surface area contributed by atoms with Gasteiger partial charge in [-0.3, -0.25) is 4.98 Å². The van der Waals surface area contributed by atoms with Gasteiger partial charge in [0.1, 0.15) is 5.75 Å². The highest BCUT2D eigenvalue weighted by molar-refractivity contribution is 6.09. The number of hydrogen-bond donors (Lipinski definition) is 1. The lowest BCUT2D eigenvalue weighted by Crippen LogP contribution is -2.03. The lowest BCUT2D eigenvalue weighted by atomic mass is 10.1. The molecule has 0 saturated heterocycles. The van der Waals surface area contributed by atoms with Gasteiger partial charge in [0.05, 0.1) is 30.4 Å². The maximum Gasteiger partial charge on any atom is 0.120 e. The van der Waals surface area contributed by atoms with Crippen LogP contribution in [0.3, 0.4) is 0 Å². The number of benzene rings is 1. The molecule has 1 N–H and O–H groups in total. The summed E-state index contributed by atoms with van der Waals surface area (Å²) in [5.74, 6) is 0.820. The first-order chi connectivity index (χ1) is 9.26. The number of rotatable bonds is 3. The molecule has 0 unspecified atom stereocenters. The quantitative estimate of drug-likeness (QED) is 0.783. The van der Waals surface area contributed by atoms with E-state index >= 15 is 0 Å². The van der Waals surface area contributed by atoms with E-state index in [9.17, 15) is 5.11 Å². The molecule has 3 rings (SSSR count). The van der Waals surface area contributed by atoms with Crippen molar-refractivity contribution in [1.82, 2.24) is 9.55 Å². The Hall–Kier alpha value is -2.07. The third-order valence-corrected chi connectivity index (χ3v) is 3.49. The molecule has 98 valence electrons. The number of aliphatic hydroxyl groups excluding tert-OH is 1. The van der Waals surface area contributed by atoms with Crippen LogP contribution >= 0.6 is 0 Å². The zero-order valence-corrected chi connectivity index (χ0v) is 11.1. The number of methoxy groups -OCH3 is 1. The summed E-state index contributed by atoms with van der Waals surface area (Å²) >= 11 is 0. The molecule has 0 aliphatic rings. The van der Waals surface area contributed by atoms with Crippen molar-refractivity contribution in [3.05, 3.63) is 36.2 Å². The molecule has 2 aromatic heterocycles. The third kappa shape index (κ3) is 1.76. The van der Waals surface area contributed by atoms with Gasteiger partial charge in [0.2, 0.25) is 0 Å². The lowest BCUT2D eigenvalue weighted by Gasteiger charge is -2.07. The van der Waals surface area contributed by atoms with E-state index in [4.69, 9.17) is 4.74 Å². The normalized spacial score (nSPS) is 11.3. The first-order valence-corrected chi connectivity index (χ1v) is 6.28. The molecule has 0 aliphatic carbocycles. The molecule has 0 atom stereocenters. The summed E-state index contributed by atoms with van der Waals surface area (Å²) in [6.07, 6.45) is 1.82. The summed E-state index contributed by atoms with van der Waals surface area (Å²) in [6.45, 7) is 2.65. The second kappa shape index (κ2) is 4.55. The van der Waals surface area contributed by atoms with Crippen molar-refractivity contribution < 1.29 is 9.84 Å². The average Bonchev–Trinajstić information content (AvgIpc) is 2.74. The number of hydrogen-bond acceptors (Lipinski definition) is 3. The Labute approximate surface area is 111 Å². The lowest BCUT2D eigenvalue weighted by molar-refractivity contribution is 0.279. The summed E-state index contributed by atoms with van der Waals surface area (Å²) in [5.41, 5.74) is 3.13. The van der Waals surface area contributed by atoms with Gasteiger partial charge in [0, 0.05) is 29.6 Å². The maximum absolute atomic E-state index is 9.30. The first-order valence-electron chi connectivity index (χ1n) is 6.28. The van der Waals surface area contributed by atoms with Gasteiger partial charge in [-0.25, -0.2) is 0 Å². The number of pyridine rings is 1. The molecule has 4 heteroatoms. The number of fused-ring (bicyclic) bond motifs is 3. The van der Waals surface area contributed by atoms with Crippen molar-refractivity contribution in [2.45, 2.75) is 13.5 Å². The molecule has 4 nitrogen and oxygen atoms in total. The summed E-state index contributed by atoms with van der Waals surface area (Å²) in [5, 5.41) is 11.6. The summed E-state index contributed by atoms with van der Waals surface area (Å²) < 4.78 is 7.40. The van der Waals surface area contributed by atoms with Crippen LogP contribution in [0.5, 0.6) is 5.75 Å². The van der Waals surface area contributed by atoms with Crippen LogP contribution in [0.2, 0.25) is 0 Å². The average molecular weight is 256 g/mol. The highest BCUT2D eigenvalue weighted by Crippen LogP contribution is 2.32. The second-order valence-electron chi connectivity index (χ2n) is 4.55. The van der Waals surface area contributed by atoms with Crippen LogP contribution < -0.4 is 4.74 Å². The van der Waals surface area contributed by atoms with Gasteiger partial charge in [-0.2, -0.15) is 0 Å². The van der Waals surface area contributed by atoms with Gasteiger partial charge < -0.3 is 14.4 Å². The molecular weight excluding hydrogens is 240 g/mol. The van der Waals surface area contributed by atoms with E-state index in [2.05, 4.69) is 15.6 Å². The fraction of sp³-hybridized carbons (Fsp3) is 0.267. The summed E-state index contributed by atoms with van der Waals surface area (Å²) in [4.78, 5) is 4.35. The Morgan fingerprint density at radius 3 is 2.84 bits per heavy atom. The molecule has 0 fully saturated rings. The molecular formula is C15H16N2O2. The van der Waals surface area contributed by atoms with Gasteiger partial charge >= 0.3 is 0 Å². The zero-order chi connectivity index (χ0) is 13.4. The molecule has 1 aromatic carbocycles. The van der Waals surface area contributed by atoms with Crippen LogP contribution in [0.25, 0.3) is 21.8 Å². The van der Waals surface area contributed by atoms with Crippen LogP contribution in [0.15, 0.2) is 30.5 Å². The van der Waals surface area contributed by atoms with E-state index in [-0.39, 0.29) is 6.61 Å². The first kappa shape index (κ1) is 12.0. The molecule has 0 aliphatic heterocycles. The third-order valence-electron chi connectivity index (χ3n) is 3.49. The minimum Gasteiger partial charge on any atom is -0.497 e. The van der Waals surface area contributed by atoms with Crippen molar-refractivity contribution in [2.24, 2.45) is 0 Å². The molecule has 0 spiro atoms. The molecule has 19 heavy (non-hydrogen) atoms. The van der Waals surface area contributed by atoms with E-state index in [1.807, 2.05) is 31.3 Å². The molecule has 0 amide bonds. The highest BCUT2D eigenvalue weighted by Gasteiger charge is 2.13. The van der Waals surface area contributed by atoms with E-state index in [1.165, 1.54) is 5.39 Å². The largest absolute Gasteiger partial charge is 0.497 e. The molecule has 3 aromatic rings. The Bertz CT molecular complexity index is 747. The minimum absolute atomic E-state index is 0.102. The van der Waals surface area contributed by atoms with Crippen molar-refractivity contribution in [2.75, 3.05) is 13.7 Å². The van der Waals surface area contributed by atoms with Gasteiger partial charge in [0.15, 0.2) is 0 Å². The van der Waals surface area contributed by atoms with Crippen molar-refractivity contribution in [3.8, 4) is 5.75 Å². The number of ether oxygens (including phenoxy) is 1. The standard InChI is InChI=1S/C15H16N2O2/c1-10-15-13(5-6-16-10)12-4-3-11(19-2)9-14(12)17(15)7-8-18/h3-6,9,18H,7-8H2,1-2H3. The highest BCUT2D eigenvalue weighted by atomic mass is 16.5. The van der Waals surface area contributed by atoms with E-state index < -0.39 is 0 Å². The van der Waals surface area contributed by atoms with Crippen molar-refractivity contribution in [3.63, 3.8) is 0 Å². The number of nitrogens with zero attached hydrogens (tertiary/aromatic N) is 2. The fourth-order valence-corrected chi connectivity index (χ4v) is 2.66. The Kier molecular flexibility index (Phi) is 2.87. The van der Waals surface area contributed by atoms with Crippen molar-refractivity contribution in [1.29, 1.82) is 0 Å². The van der Waals surface area contributed by atoms with Crippen LogP contribution in [0.4, 0.5) is 0 Å². The zero-order valence-electron chi connectivity index (χ0n) is 11.1. The SMILES string of the molecule is COc1ccc2c3ccnc(C)c3n(CCO)c2c1. The smallest absolute Gasteiger partial charge is 0.120 e. The van der Waals surface area contributed by atoms with Crippen molar-refractivity contribution >= 4 is 21.8 Å². The topological polar surface area (TPSA) is 47.3 Å². The van der Waals surface area contributed by atoms with Gasteiger partial charge in [-0.15, -0.1) is 0 Å². The Morgan fingerprint density at radius 2 is 2.11 bits per heavy atom. The van der Waals surface area contributed by atoms with Crippen LogP contribution in [0.1, 0.15) is 5.69 Å². The molecule has 0 radical (unpaired) electrons. The van der Waals surface area contributed by atoms with Crippen LogP contribution in [-0.4, -0.2) is 28.4 Å². The monoisotopic (exact) mass is 256 g/mol. The predicted molar refractivity (Wildman–Crippen MR) is 75.6 cm³/mol. The minimum atomic E-state index is 0.102. The second-order valence-corrected chi connectivity index (χ2v) is 4.55. The maximum atomic E-state index is 9.30. The molecule has 0 bridgehead atoms. The van der Waals surface area contributed by atoms with E-state index in [0.29, 0.717) is 6.54 Å². The molecule has 2 heterocycles. The number of aromatic nitrogens is 2. The summed E-state index contributed by atoms with van der Waals surface area (Å²) in [7, 11) is 1.66. The molecule has 0 saturated carbocycles. The van der Waals surface area contributed by atoms with E-state index in [1.54, 1.807) is 7.11 Å². The van der Waals surface area contributed by atoms with E-state index in [0.717, 1.165) is 27.9 Å². The van der Waals surface area contributed by atoms with Crippen LogP contribution in [-0.2, 0) is 6.54 Å². The van der Waals surface area contributed by atoms with Gasteiger partial charge in [0.25, 0.3) is 0 Å². The fourth-order valence-electron chi connectivity index (χ4n) is 2.66.